The van der Waals surface area contributed by atoms with Gasteiger partial charge in [0.25, 0.3) is 0 Å². The highest BCUT2D eigenvalue weighted by molar-refractivity contribution is 5.90. The van der Waals surface area contributed by atoms with Crippen molar-refractivity contribution in [3.63, 3.8) is 0 Å². The van der Waals surface area contributed by atoms with Crippen LogP contribution in [0, 0.1) is 0 Å². The number of carboxylic acid groups (broad SMARTS) is 1. The lowest BCUT2D eigenvalue weighted by Crippen LogP contribution is -2.25. The van der Waals surface area contributed by atoms with Crippen LogP contribution in [-0.2, 0) is 11.4 Å². The average Bonchev–Trinajstić information content (AvgIpc) is 2.44. The normalized spacial score (nSPS) is 10.1. The largest absolute Gasteiger partial charge is 0.465 e. The van der Waals surface area contributed by atoms with E-state index in [0.717, 1.165) is 5.56 Å². The molecule has 1 rings (SSSR count). The van der Waals surface area contributed by atoms with Gasteiger partial charge in [-0.2, -0.15) is 0 Å². The maximum Gasteiger partial charge on any atom is 0.407 e. The summed E-state index contributed by atoms with van der Waals surface area (Å²) in [5.74, 6) is -0.0975. The first kappa shape index (κ1) is 16.0. The highest BCUT2D eigenvalue weighted by atomic mass is 16.4. The molecule has 0 fully saturated rings. The molecule has 0 bridgehead atoms. The fourth-order valence-corrected chi connectivity index (χ4v) is 1.65. The second kappa shape index (κ2) is 8.16. The van der Waals surface area contributed by atoms with E-state index < -0.39 is 6.09 Å². The lowest BCUT2D eigenvalue weighted by Gasteiger charge is -2.12. The zero-order valence-electron chi connectivity index (χ0n) is 11.5. The van der Waals surface area contributed by atoms with E-state index in [2.05, 4.69) is 5.32 Å². The van der Waals surface area contributed by atoms with E-state index in [1.807, 2.05) is 0 Å². The molecule has 0 radical (unpaired) electrons. The van der Waals surface area contributed by atoms with Gasteiger partial charge in [0.1, 0.15) is 0 Å². The Morgan fingerprint density at radius 1 is 1.20 bits per heavy atom. The summed E-state index contributed by atoms with van der Waals surface area (Å²) in [6.45, 7) is 0.402. The van der Waals surface area contributed by atoms with Crippen molar-refractivity contribution < 1.29 is 19.8 Å². The Kier molecular flexibility index (Phi) is 6.52. The van der Waals surface area contributed by atoms with E-state index in [0.29, 0.717) is 31.5 Å². The van der Waals surface area contributed by atoms with Gasteiger partial charge in [-0.15, -0.1) is 0 Å². The van der Waals surface area contributed by atoms with Crippen molar-refractivity contribution in [3.05, 3.63) is 29.8 Å². The van der Waals surface area contributed by atoms with Gasteiger partial charge in [-0.25, -0.2) is 4.79 Å². The molecule has 0 aliphatic heterocycles. The highest BCUT2D eigenvalue weighted by Gasteiger charge is 2.06. The van der Waals surface area contributed by atoms with Gasteiger partial charge < -0.3 is 20.4 Å². The fourth-order valence-electron chi connectivity index (χ4n) is 1.65. The third kappa shape index (κ3) is 5.71. The Balaban J connectivity index is 2.24. The zero-order chi connectivity index (χ0) is 15.0. The van der Waals surface area contributed by atoms with Gasteiger partial charge in [-0.3, -0.25) is 4.79 Å². The predicted octanol–water partition coefficient (Wildman–Crippen LogP) is 1.90. The lowest BCUT2D eigenvalue weighted by molar-refractivity contribution is -0.116. The number of rotatable bonds is 7. The van der Waals surface area contributed by atoms with E-state index in [9.17, 15) is 9.59 Å². The number of nitrogens with zero attached hydrogens (tertiary/aromatic N) is 1. The number of unbranched alkanes of at least 4 members (excludes halogenated alkanes) is 1. The summed E-state index contributed by atoms with van der Waals surface area (Å²) in [5, 5.41) is 20.3. The van der Waals surface area contributed by atoms with E-state index >= 15 is 0 Å². The quantitative estimate of drug-likeness (QED) is 0.665. The van der Waals surface area contributed by atoms with Crippen molar-refractivity contribution in [2.45, 2.75) is 25.9 Å². The van der Waals surface area contributed by atoms with Crippen molar-refractivity contribution in [2.24, 2.45) is 0 Å². The topological polar surface area (TPSA) is 89.9 Å². The minimum Gasteiger partial charge on any atom is -0.465 e. The van der Waals surface area contributed by atoms with Crippen LogP contribution in [0.4, 0.5) is 10.5 Å². The summed E-state index contributed by atoms with van der Waals surface area (Å²) in [4.78, 5) is 23.4. The van der Waals surface area contributed by atoms with Gasteiger partial charge in [0.2, 0.25) is 5.91 Å². The van der Waals surface area contributed by atoms with Gasteiger partial charge in [0.15, 0.2) is 0 Å². The first-order chi connectivity index (χ1) is 9.52. The van der Waals surface area contributed by atoms with Gasteiger partial charge in [-0.1, -0.05) is 12.1 Å². The molecule has 0 spiro atoms. The molecular formula is C14H20N2O4. The summed E-state index contributed by atoms with van der Waals surface area (Å²) >= 11 is 0. The molecule has 20 heavy (non-hydrogen) atoms. The number of anilines is 1. The Bertz CT molecular complexity index is 445. The lowest BCUT2D eigenvalue weighted by atomic mass is 10.2. The maximum absolute atomic E-state index is 11.7. The Morgan fingerprint density at radius 3 is 2.40 bits per heavy atom. The number of aliphatic hydroxyl groups excluding tert-OH is 1. The van der Waals surface area contributed by atoms with Crippen molar-refractivity contribution in [1.82, 2.24) is 4.90 Å². The zero-order valence-corrected chi connectivity index (χ0v) is 11.5. The van der Waals surface area contributed by atoms with E-state index in [-0.39, 0.29) is 12.5 Å². The Morgan fingerprint density at radius 2 is 1.85 bits per heavy atom. The molecule has 3 N–H and O–H groups in total. The number of hydrogen-bond donors (Lipinski definition) is 3. The molecule has 0 aromatic heterocycles. The molecule has 0 aliphatic carbocycles. The molecule has 0 saturated carbocycles. The molecule has 0 aliphatic rings. The minimum absolute atomic E-state index is 0.0225. The molecule has 0 heterocycles. The summed E-state index contributed by atoms with van der Waals surface area (Å²) in [7, 11) is 1.51. The molecule has 6 nitrogen and oxygen atoms in total. The number of carbonyl (C=O) groups excluding carboxylic acids is 1. The Hall–Kier alpha value is -2.08. The van der Waals surface area contributed by atoms with Crippen molar-refractivity contribution in [3.8, 4) is 0 Å². The molecule has 2 amide bonds. The average molecular weight is 280 g/mol. The van der Waals surface area contributed by atoms with Crippen molar-refractivity contribution in [2.75, 3.05) is 18.9 Å². The Labute approximate surface area is 118 Å². The van der Waals surface area contributed by atoms with E-state index in [4.69, 9.17) is 10.2 Å². The fraction of sp³-hybridized carbons (Fsp3) is 0.429. The summed E-state index contributed by atoms with van der Waals surface area (Å²) in [6.07, 6.45) is 0.686. The maximum atomic E-state index is 11.7. The monoisotopic (exact) mass is 280 g/mol. The van der Waals surface area contributed by atoms with Crippen LogP contribution in [0.25, 0.3) is 0 Å². The number of nitrogens with one attached hydrogen (secondary N) is 1. The van der Waals surface area contributed by atoms with Gasteiger partial charge in [0.05, 0.1) is 6.61 Å². The standard InChI is InChI=1S/C14H20N2O4/c1-16(14(19)20)9-3-2-4-13(18)15-12-7-5-11(10-17)6-8-12/h5-8,17H,2-4,9-10H2,1H3,(H,15,18)(H,19,20). The molecule has 0 atom stereocenters. The summed E-state index contributed by atoms with van der Waals surface area (Å²) in [5.41, 5.74) is 1.48. The molecule has 0 saturated heterocycles. The number of benzene rings is 1. The third-order valence-electron chi connectivity index (χ3n) is 2.89. The predicted molar refractivity (Wildman–Crippen MR) is 75.5 cm³/mol. The summed E-state index contributed by atoms with van der Waals surface area (Å²) in [6, 6.07) is 6.97. The molecule has 1 aromatic carbocycles. The first-order valence-electron chi connectivity index (χ1n) is 6.46. The summed E-state index contributed by atoms with van der Waals surface area (Å²) < 4.78 is 0. The van der Waals surface area contributed by atoms with Crippen molar-refractivity contribution >= 4 is 17.7 Å². The van der Waals surface area contributed by atoms with Crippen LogP contribution in [0.15, 0.2) is 24.3 Å². The van der Waals surface area contributed by atoms with Crippen LogP contribution in [0.5, 0.6) is 0 Å². The molecule has 0 unspecified atom stereocenters. The molecule has 1 aromatic rings. The second-order valence-corrected chi connectivity index (χ2v) is 4.56. The smallest absolute Gasteiger partial charge is 0.407 e. The first-order valence-corrected chi connectivity index (χ1v) is 6.46. The van der Waals surface area contributed by atoms with Crippen LogP contribution in [0.2, 0.25) is 0 Å². The minimum atomic E-state index is -0.960. The van der Waals surface area contributed by atoms with Crippen LogP contribution in [0.3, 0.4) is 0 Å². The van der Waals surface area contributed by atoms with Crippen LogP contribution in [0.1, 0.15) is 24.8 Å². The van der Waals surface area contributed by atoms with Gasteiger partial charge in [0, 0.05) is 25.7 Å². The van der Waals surface area contributed by atoms with Gasteiger partial charge >= 0.3 is 6.09 Å². The van der Waals surface area contributed by atoms with Crippen molar-refractivity contribution in [1.29, 1.82) is 0 Å². The van der Waals surface area contributed by atoms with Crippen LogP contribution in [-0.4, -0.2) is 40.7 Å². The SMILES string of the molecule is CN(CCCCC(=O)Nc1ccc(CO)cc1)C(=O)O. The van der Waals surface area contributed by atoms with E-state index in [1.54, 1.807) is 24.3 Å². The third-order valence-corrected chi connectivity index (χ3v) is 2.89. The van der Waals surface area contributed by atoms with Crippen LogP contribution >= 0.6 is 0 Å². The second-order valence-electron chi connectivity index (χ2n) is 4.56. The molecular weight excluding hydrogens is 260 g/mol. The molecule has 6 heteroatoms. The number of amides is 2. The number of hydrogen-bond acceptors (Lipinski definition) is 3. The highest BCUT2D eigenvalue weighted by Crippen LogP contribution is 2.10. The van der Waals surface area contributed by atoms with Gasteiger partial charge in [-0.05, 0) is 30.5 Å². The number of aliphatic hydroxyl groups is 1. The molecule has 110 valence electrons. The van der Waals surface area contributed by atoms with Crippen LogP contribution < -0.4 is 5.32 Å². The number of carbonyl (C=O) groups is 2. The van der Waals surface area contributed by atoms with E-state index in [1.165, 1.54) is 11.9 Å².